The minimum absolute atomic E-state index is 0.0237. The van der Waals surface area contributed by atoms with E-state index < -0.39 is 0 Å². The number of carbonyl (C=O) groups is 2. The number of hydrogen-bond acceptors (Lipinski definition) is 5. The van der Waals surface area contributed by atoms with Gasteiger partial charge in [-0.1, -0.05) is 19.3 Å². The monoisotopic (exact) mass is 400 g/mol. The third kappa shape index (κ3) is 3.78. The van der Waals surface area contributed by atoms with Crippen LogP contribution in [0.3, 0.4) is 0 Å². The second kappa shape index (κ2) is 7.69. The first kappa shape index (κ1) is 19.0. The summed E-state index contributed by atoms with van der Waals surface area (Å²) < 4.78 is 1.80. The van der Waals surface area contributed by atoms with Crippen molar-refractivity contribution < 1.29 is 9.59 Å². The number of tetrazole rings is 1. The minimum Gasteiger partial charge on any atom is -0.342 e. The highest BCUT2D eigenvalue weighted by Crippen LogP contribution is 2.43. The van der Waals surface area contributed by atoms with Gasteiger partial charge in [0.05, 0.1) is 6.54 Å². The van der Waals surface area contributed by atoms with Crippen LogP contribution in [0.2, 0.25) is 0 Å². The molecule has 5 rings (SSSR count). The van der Waals surface area contributed by atoms with E-state index in [1.54, 1.807) is 11.0 Å². The molecule has 0 aromatic carbocycles. The van der Waals surface area contributed by atoms with Crippen LogP contribution >= 0.6 is 0 Å². The molecule has 4 fully saturated rings. The summed E-state index contributed by atoms with van der Waals surface area (Å²) in [5.41, 5.74) is -0.0237. The van der Waals surface area contributed by atoms with Crippen molar-refractivity contribution in [1.82, 2.24) is 30.0 Å². The Labute approximate surface area is 172 Å². The van der Waals surface area contributed by atoms with Crippen molar-refractivity contribution in [2.45, 2.75) is 76.8 Å². The smallest absolute Gasteiger partial charge is 0.223 e. The molecule has 8 nitrogen and oxygen atoms in total. The molecule has 0 N–H and O–H groups in total. The number of piperidine rings is 3. The molecule has 8 heteroatoms. The number of nitrogens with zero attached hydrogens (tertiary/aromatic N) is 6. The second-order valence-electron chi connectivity index (χ2n) is 9.91. The second-order valence-corrected chi connectivity index (χ2v) is 9.91. The molecule has 2 amide bonds. The molecular weight excluding hydrogens is 368 g/mol. The summed E-state index contributed by atoms with van der Waals surface area (Å²) in [4.78, 5) is 30.1. The van der Waals surface area contributed by atoms with Crippen LogP contribution in [0.4, 0.5) is 0 Å². The Balaban J connectivity index is 1.28. The van der Waals surface area contributed by atoms with E-state index in [1.165, 1.54) is 25.7 Å². The molecule has 29 heavy (non-hydrogen) atoms. The van der Waals surface area contributed by atoms with Crippen molar-refractivity contribution in [3.8, 4) is 0 Å². The summed E-state index contributed by atoms with van der Waals surface area (Å²) in [6.45, 7) is 3.22. The maximum atomic E-state index is 13.4. The van der Waals surface area contributed by atoms with E-state index in [1.807, 2.05) is 0 Å². The molecule has 0 radical (unpaired) electrons. The van der Waals surface area contributed by atoms with Gasteiger partial charge in [-0.25, -0.2) is 4.68 Å². The Morgan fingerprint density at radius 3 is 2.79 bits per heavy atom. The van der Waals surface area contributed by atoms with E-state index >= 15 is 0 Å². The molecule has 0 spiro atoms. The van der Waals surface area contributed by atoms with Crippen LogP contribution in [0.15, 0.2) is 6.33 Å². The van der Waals surface area contributed by atoms with Gasteiger partial charge in [-0.2, -0.15) is 0 Å². The maximum absolute atomic E-state index is 13.4. The molecular formula is C21H32N6O2. The fraction of sp³-hybridized carbons (Fsp3) is 0.857. The average Bonchev–Trinajstić information content (AvgIpc) is 3.22. The third-order valence-electron chi connectivity index (χ3n) is 7.86. The maximum Gasteiger partial charge on any atom is 0.223 e. The molecule has 3 atom stereocenters. The van der Waals surface area contributed by atoms with Gasteiger partial charge in [0.25, 0.3) is 0 Å². The van der Waals surface area contributed by atoms with Crippen molar-refractivity contribution in [3.05, 3.63) is 6.33 Å². The van der Waals surface area contributed by atoms with Gasteiger partial charge in [-0.05, 0) is 59.8 Å². The number of aromatic nitrogens is 4. The molecule has 3 aliphatic heterocycles. The zero-order chi connectivity index (χ0) is 19.8. The van der Waals surface area contributed by atoms with Gasteiger partial charge in [0.2, 0.25) is 11.8 Å². The molecule has 0 unspecified atom stereocenters. The van der Waals surface area contributed by atoms with E-state index in [-0.39, 0.29) is 5.41 Å². The van der Waals surface area contributed by atoms with Crippen molar-refractivity contribution >= 4 is 11.8 Å². The summed E-state index contributed by atoms with van der Waals surface area (Å²) in [6.07, 6.45) is 12.0. The number of likely N-dealkylation sites (tertiary alicyclic amines) is 1. The molecule has 3 saturated heterocycles. The average molecular weight is 401 g/mol. The summed E-state index contributed by atoms with van der Waals surface area (Å²) in [5, 5.41) is 11.6. The number of carbonyl (C=O) groups excluding carboxylic acids is 2. The lowest BCUT2D eigenvalue weighted by molar-refractivity contribution is -0.149. The number of hydrogen-bond donors (Lipinski definition) is 0. The van der Waals surface area contributed by atoms with Gasteiger partial charge < -0.3 is 9.80 Å². The Bertz CT molecular complexity index is 744. The number of fused-ring (bicyclic) bond motifs is 4. The predicted octanol–water partition coefficient (Wildman–Crippen LogP) is 1.87. The van der Waals surface area contributed by atoms with Gasteiger partial charge in [-0.3, -0.25) is 9.59 Å². The molecule has 158 valence electrons. The number of amides is 2. The minimum atomic E-state index is -0.0237. The van der Waals surface area contributed by atoms with E-state index in [0.717, 1.165) is 51.9 Å². The first-order valence-corrected chi connectivity index (χ1v) is 11.4. The fourth-order valence-corrected chi connectivity index (χ4v) is 6.54. The summed E-state index contributed by atoms with van der Waals surface area (Å²) >= 11 is 0. The lowest BCUT2D eigenvalue weighted by atomic mass is 9.71. The van der Waals surface area contributed by atoms with Gasteiger partial charge >= 0.3 is 0 Å². The fourth-order valence-electron chi connectivity index (χ4n) is 6.54. The Kier molecular flexibility index (Phi) is 5.04. The van der Waals surface area contributed by atoms with Gasteiger partial charge in [-0.15, -0.1) is 5.10 Å². The van der Waals surface area contributed by atoms with Crippen LogP contribution < -0.4 is 0 Å². The first-order valence-electron chi connectivity index (χ1n) is 11.4. The normalized spacial score (nSPS) is 31.4. The van der Waals surface area contributed by atoms with Crippen LogP contribution in [-0.4, -0.2) is 67.5 Å². The van der Waals surface area contributed by atoms with Crippen molar-refractivity contribution in [1.29, 1.82) is 0 Å². The topological polar surface area (TPSA) is 84.2 Å². The summed E-state index contributed by atoms with van der Waals surface area (Å²) in [7, 11) is 0. The van der Waals surface area contributed by atoms with Crippen molar-refractivity contribution in [2.75, 3.05) is 19.6 Å². The standard InChI is InChI=1S/C21H32N6O2/c28-19-6-4-5-18-17-9-16(12-27(18)19)11-25(13-17)20(29)10-21(7-2-1-3-8-21)14-26-15-22-23-24-26/h15-18H,1-14H2/t16-,17+,18-/m1/s1. The van der Waals surface area contributed by atoms with E-state index in [2.05, 4.69) is 25.3 Å². The SMILES string of the molecule is O=C(CC1(Cn2cnnn2)CCCCC1)N1C[C@H]2C[C@@H](C1)[C@H]1CCCC(=O)N1C2. The Hall–Kier alpha value is -1.99. The van der Waals surface area contributed by atoms with Crippen LogP contribution in [0.1, 0.15) is 64.2 Å². The van der Waals surface area contributed by atoms with Crippen LogP contribution in [0, 0.1) is 17.3 Å². The highest BCUT2D eigenvalue weighted by atomic mass is 16.2. The number of rotatable bonds is 4. The molecule has 1 aliphatic carbocycles. The van der Waals surface area contributed by atoms with Crippen LogP contribution in [0.25, 0.3) is 0 Å². The lowest BCUT2D eigenvalue weighted by Crippen LogP contribution is -2.61. The summed E-state index contributed by atoms with van der Waals surface area (Å²) in [5.74, 6) is 1.53. The molecule has 4 heterocycles. The van der Waals surface area contributed by atoms with E-state index in [9.17, 15) is 9.59 Å². The molecule has 2 bridgehead atoms. The van der Waals surface area contributed by atoms with E-state index in [0.29, 0.717) is 42.5 Å². The lowest BCUT2D eigenvalue weighted by Gasteiger charge is -2.52. The zero-order valence-electron chi connectivity index (χ0n) is 17.2. The van der Waals surface area contributed by atoms with Gasteiger partial charge in [0.15, 0.2) is 0 Å². The largest absolute Gasteiger partial charge is 0.342 e. The highest BCUT2D eigenvalue weighted by molar-refractivity contribution is 5.78. The Morgan fingerprint density at radius 2 is 2.00 bits per heavy atom. The quantitative estimate of drug-likeness (QED) is 0.770. The molecule has 1 aromatic heterocycles. The van der Waals surface area contributed by atoms with Crippen LogP contribution in [-0.2, 0) is 16.1 Å². The van der Waals surface area contributed by atoms with Crippen molar-refractivity contribution in [2.24, 2.45) is 17.3 Å². The Morgan fingerprint density at radius 1 is 1.14 bits per heavy atom. The molecule has 1 aromatic rings. The van der Waals surface area contributed by atoms with Gasteiger partial charge in [0, 0.05) is 38.5 Å². The third-order valence-corrected chi connectivity index (χ3v) is 7.86. The first-order chi connectivity index (χ1) is 14.1. The van der Waals surface area contributed by atoms with Gasteiger partial charge in [0.1, 0.15) is 6.33 Å². The predicted molar refractivity (Wildman–Crippen MR) is 105 cm³/mol. The van der Waals surface area contributed by atoms with Crippen LogP contribution in [0.5, 0.6) is 0 Å². The highest BCUT2D eigenvalue weighted by Gasteiger charge is 2.45. The molecule has 4 aliphatic rings. The zero-order valence-corrected chi connectivity index (χ0v) is 17.2. The summed E-state index contributed by atoms with van der Waals surface area (Å²) in [6, 6.07) is 0.355. The molecule has 1 saturated carbocycles. The van der Waals surface area contributed by atoms with Crippen molar-refractivity contribution in [3.63, 3.8) is 0 Å². The van der Waals surface area contributed by atoms with E-state index in [4.69, 9.17) is 0 Å².